The minimum absolute atomic E-state index is 0.659. The summed E-state index contributed by atoms with van der Waals surface area (Å²) in [4.78, 5) is 0. The Morgan fingerprint density at radius 3 is 2.38 bits per heavy atom. The predicted molar refractivity (Wildman–Crippen MR) is 87.4 cm³/mol. The van der Waals surface area contributed by atoms with Gasteiger partial charge in [-0.25, -0.2) is 0 Å². The van der Waals surface area contributed by atoms with Gasteiger partial charge in [-0.05, 0) is 44.5 Å². The Balaban J connectivity index is 2.18. The molecular formula is C18H23NO2. The van der Waals surface area contributed by atoms with Crippen LogP contribution in [0.5, 0.6) is 11.5 Å². The van der Waals surface area contributed by atoms with Crippen LogP contribution in [-0.2, 0) is 6.54 Å². The molecule has 112 valence electrons. The van der Waals surface area contributed by atoms with Crippen molar-refractivity contribution in [2.75, 3.05) is 19.0 Å². The quantitative estimate of drug-likeness (QED) is 0.857. The summed E-state index contributed by atoms with van der Waals surface area (Å²) >= 11 is 0. The Hall–Kier alpha value is -2.16. The van der Waals surface area contributed by atoms with E-state index in [1.807, 2.05) is 13.0 Å². The fraction of sp³-hybridized carbons (Fsp3) is 0.333. The third-order valence-electron chi connectivity index (χ3n) is 3.34. The van der Waals surface area contributed by atoms with Crippen LogP contribution in [0.2, 0.25) is 0 Å². The summed E-state index contributed by atoms with van der Waals surface area (Å²) in [5.41, 5.74) is 4.56. The summed E-state index contributed by atoms with van der Waals surface area (Å²) in [5.74, 6) is 1.79. The lowest BCUT2D eigenvalue weighted by Crippen LogP contribution is -2.04. The van der Waals surface area contributed by atoms with Crippen molar-refractivity contribution in [1.82, 2.24) is 0 Å². The Bertz CT molecular complexity index is 608. The average molecular weight is 285 g/mol. The first-order valence-corrected chi connectivity index (χ1v) is 7.25. The topological polar surface area (TPSA) is 30.5 Å². The van der Waals surface area contributed by atoms with Gasteiger partial charge in [0.05, 0.1) is 19.4 Å². The maximum atomic E-state index is 5.69. The van der Waals surface area contributed by atoms with Gasteiger partial charge in [0.1, 0.15) is 11.5 Å². The second-order valence-corrected chi connectivity index (χ2v) is 5.10. The number of ether oxygens (including phenoxy) is 2. The van der Waals surface area contributed by atoms with Crippen LogP contribution in [0, 0.1) is 13.8 Å². The van der Waals surface area contributed by atoms with Gasteiger partial charge >= 0.3 is 0 Å². The van der Waals surface area contributed by atoms with Gasteiger partial charge in [0.25, 0.3) is 0 Å². The number of benzene rings is 2. The van der Waals surface area contributed by atoms with Crippen molar-refractivity contribution in [2.24, 2.45) is 0 Å². The molecule has 3 nitrogen and oxygen atoms in total. The molecular weight excluding hydrogens is 262 g/mol. The van der Waals surface area contributed by atoms with Crippen LogP contribution >= 0.6 is 0 Å². The lowest BCUT2D eigenvalue weighted by molar-refractivity contribution is 0.341. The molecule has 1 N–H and O–H groups in total. The molecule has 0 radical (unpaired) electrons. The molecule has 2 rings (SSSR count). The molecule has 0 aliphatic rings. The van der Waals surface area contributed by atoms with Crippen molar-refractivity contribution < 1.29 is 9.47 Å². The summed E-state index contributed by atoms with van der Waals surface area (Å²) < 4.78 is 11.1. The van der Waals surface area contributed by atoms with E-state index in [0.717, 1.165) is 22.7 Å². The first-order chi connectivity index (χ1) is 10.1. The van der Waals surface area contributed by atoms with Crippen molar-refractivity contribution in [2.45, 2.75) is 27.3 Å². The van der Waals surface area contributed by atoms with E-state index in [-0.39, 0.29) is 0 Å². The fourth-order valence-electron chi connectivity index (χ4n) is 2.29. The largest absolute Gasteiger partial charge is 0.496 e. The lowest BCUT2D eigenvalue weighted by Gasteiger charge is -2.15. The highest BCUT2D eigenvalue weighted by atomic mass is 16.5. The highest BCUT2D eigenvalue weighted by molar-refractivity contribution is 5.58. The maximum Gasteiger partial charge on any atom is 0.142 e. The maximum absolute atomic E-state index is 5.69. The van der Waals surface area contributed by atoms with E-state index in [1.54, 1.807) is 7.11 Å². The van der Waals surface area contributed by atoms with E-state index in [9.17, 15) is 0 Å². The van der Waals surface area contributed by atoms with Crippen LogP contribution in [0.3, 0.4) is 0 Å². The SMILES string of the molecule is CCOc1cc(C)ccc1NCc1cc(C)ccc1OC. The summed E-state index contributed by atoms with van der Waals surface area (Å²) in [6.45, 7) is 7.51. The van der Waals surface area contributed by atoms with Gasteiger partial charge in [-0.15, -0.1) is 0 Å². The average Bonchev–Trinajstić information content (AvgIpc) is 2.47. The number of anilines is 1. The van der Waals surface area contributed by atoms with Crippen LogP contribution in [0.25, 0.3) is 0 Å². The van der Waals surface area contributed by atoms with Gasteiger partial charge in [0.2, 0.25) is 0 Å². The number of methoxy groups -OCH3 is 1. The molecule has 0 fully saturated rings. The normalized spacial score (nSPS) is 10.3. The van der Waals surface area contributed by atoms with Gasteiger partial charge in [0.15, 0.2) is 0 Å². The summed E-state index contributed by atoms with van der Waals surface area (Å²) in [6, 6.07) is 12.4. The Morgan fingerprint density at radius 1 is 0.952 bits per heavy atom. The lowest BCUT2D eigenvalue weighted by atomic mass is 10.1. The van der Waals surface area contributed by atoms with Crippen molar-refractivity contribution in [3.63, 3.8) is 0 Å². The standard InChI is InChI=1S/C18H23NO2/c1-5-21-18-11-14(3)6-8-16(18)19-12-15-10-13(2)7-9-17(15)20-4/h6-11,19H,5,12H2,1-4H3. The van der Waals surface area contributed by atoms with E-state index < -0.39 is 0 Å². The van der Waals surface area contributed by atoms with Crippen LogP contribution in [0.1, 0.15) is 23.6 Å². The van der Waals surface area contributed by atoms with E-state index in [0.29, 0.717) is 13.2 Å². The molecule has 0 atom stereocenters. The molecule has 0 saturated carbocycles. The molecule has 0 amide bonds. The second kappa shape index (κ2) is 7.02. The highest BCUT2D eigenvalue weighted by Gasteiger charge is 2.07. The molecule has 0 heterocycles. The highest BCUT2D eigenvalue weighted by Crippen LogP contribution is 2.28. The molecule has 2 aromatic rings. The molecule has 0 spiro atoms. The Morgan fingerprint density at radius 2 is 1.67 bits per heavy atom. The number of nitrogens with one attached hydrogen (secondary N) is 1. The van der Waals surface area contributed by atoms with Crippen LogP contribution in [-0.4, -0.2) is 13.7 Å². The summed E-state index contributed by atoms with van der Waals surface area (Å²) in [7, 11) is 1.70. The zero-order chi connectivity index (χ0) is 15.2. The van der Waals surface area contributed by atoms with Crippen molar-refractivity contribution in [3.8, 4) is 11.5 Å². The van der Waals surface area contributed by atoms with Gasteiger partial charge in [-0.2, -0.15) is 0 Å². The molecule has 0 aliphatic carbocycles. The fourth-order valence-corrected chi connectivity index (χ4v) is 2.29. The minimum Gasteiger partial charge on any atom is -0.496 e. The zero-order valence-electron chi connectivity index (χ0n) is 13.2. The first-order valence-electron chi connectivity index (χ1n) is 7.25. The number of rotatable bonds is 6. The number of aryl methyl sites for hydroxylation is 2. The third-order valence-corrected chi connectivity index (χ3v) is 3.34. The predicted octanol–water partition coefficient (Wildman–Crippen LogP) is 4.32. The monoisotopic (exact) mass is 285 g/mol. The first kappa shape index (κ1) is 15.2. The summed E-state index contributed by atoms with van der Waals surface area (Å²) in [6.07, 6.45) is 0. The van der Waals surface area contributed by atoms with Crippen molar-refractivity contribution in [3.05, 3.63) is 53.1 Å². The van der Waals surface area contributed by atoms with Gasteiger partial charge < -0.3 is 14.8 Å². The number of hydrogen-bond donors (Lipinski definition) is 1. The molecule has 2 aromatic carbocycles. The van der Waals surface area contributed by atoms with Crippen molar-refractivity contribution in [1.29, 1.82) is 0 Å². The van der Waals surface area contributed by atoms with Gasteiger partial charge in [-0.3, -0.25) is 0 Å². The molecule has 21 heavy (non-hydrogen) atoms. The smallest absolute Gasteiger partial charge is 0.142 e. The Labute approximate surface area is 126 Å². The zero-order valence-corrected chi connectivity index (χ0v) is 13.2. The van der Waals surface area contributed by atoms with Crippen LogP contribution in [0.4, 0.5) is 5.69 Å². The van der Waals surface area contributed by atoms with Gasteiger partial charge in [0, 0.05) is 12.1 Å². The van der Waals surface area contributed by atoms with E-state index in [1.165, 1.54) is 11.1 Å². The second-order valence-electron chi connectivity index (χ2n) is 5.10. The van der Waals surface area contributed by atoms with E-state index in [2.05, 4.69) is 49.5 Å². The molecule has 0 bridgehead atoms. The summed E-state index contributed by atoms with van der Waals surface area (Å²) in [5, 5.41) is 3.44. The Kier molecular flexibility index (Phi) is 5.09. The van der Waals surface area contributed by atoms with Gasteiger partial charge in [-0.1, -0.05) is 23.8 Å². The van der Waals surface area contributed by atoms with Crippen LogP contribution in [0.15, 0.2) is 36.4 Å². The number of hydrogen-bond acceptors (Lipinski definition) is 3. The van der Waals surface area contributed by atoms with E-state index >= 15 is 0 Å². The van der Waals surface area contributed by atoms with Crippen molar-refractivity contribution >= 4 is 5.69 Å². The molecule has 0 unspecified atom stereocenters. The molecule has 0 aliphatic heterocycles. The minimum atomic E-state index is 0.659. The third kappa shape index (κ3) is 3.91. The molecule has 0 aromatic heterocycles. The van der Waals surface area contributed by atoms with E-state index in [4.69, 9.17) is 9.47 Å². The molecule has 3 heteroatoms. The van der Waals surface area contributed by atoms with Crippen LogP contribution < -0.4 is 14.8 Å². The molecule has 0 saturated heterocycles.